The highest BCUT2D eigenvalue weighted by Crippen LogP contribution is 2.33. The molecule has 0 aliphatic rings. The lowest BCUT2D eigenvalue weighted by atomic mass is 10.1. The summed E-state index contributed by atoms with van der Waals surface area (Å²) in [6.45, 7) is 0. The highest BCUT2D eigenvalue weighted by atomic mass is 79.9. The van der Waals surface area contributed by atoms with Gasteiger partial charge in [-0.15, -0.1) is 0 Å². The van der Waals surface area contributed by atoms with Gasteiger partial charge in [-0.3, -0.25) is 15.1 Å². The third kappa shape index (κ3) is 2.42. The average Bonchev–Trinajstić information content (AvgIpc) is 2.30. The van der Waals surface area contributed by atoms with Crippen molar-refractivity contribution in [3.05, 3.63) is 50.3 Å². The molecule has 0 bridgehead atoms. The first-order valence-corrected chi connectivity index (χ1v) is 5.67. The van der Waals surface area contributed by atoms with Crippen LogP contribution in [0.1, 0.15) is 0 Å². The van der Waals surface area contributed by atoms with Crippen LogP contribution in [-0.2, 0) is 0 Å². The Hall–Kier alpha value is -1.53. The Morgan fingerprint density at radius 2 is 2.00 bits per heavy atom. The number of benzene rings is 1. The lowest BCUT2D eigenvalue weighted by Gasteiger charge is -2.03. The van der Waals surface area contributed by atoms with E-state index in [1.165, 1.54) is 18.5 Å². The molecule has 0 saturated carbocycles. The van der Waals surface area contributed by atoms with Gasteiger partial charge in [-0.25, -0.2) is 4.98 Å². The molecular formula is C10H5BrClN3O2. The fraction of sp³-hybridized carbons (Fsp3) is 0. The number of nitrogens with zero attached hydrogens (tertiary/aromatic N) is 3. The van der Waals surface area contributed by atoms with E-state index in [2.05, 4.69) is 25.9 Å². The maximum absolute atomic E-state index is 11.0. The zero-order valence-corrected chi connectivity index (χ0v) is 10.6. The van der Waals surface area contributed by atoms with Gasteiger partial charge in [-0.1, -0.05) is 27.5 Å². The van der Waals surface area contributed by atoms with Crippen LogP contribution in [0.3, 0.4) is 0 Å². The summed E-state index contributed by atoms with van der Waals surface area (Å²) in [5, 5.41) is 11.1. The maximum Gasteiger partial charge on any atom is 0.280 e. The monoisotopic (exact) mass is 313 g/mol. The van der Waals surface area contributed by atoms with Crippen molar-refractivity contribution in [3.63, 3.8) is 0 Å². The Kier molecular flexibility index (Phi) is 3.35. The van der Waals surface area contributed by atoms with E-state index in [4.69, 9.17) is 11.6 Å². The third-order valence-electron chi connectivity index (χ3n) is 2.07. The highest BCUT2D eigenvalue weighted by Gasteiger charge is 2.19. The van der Waals surface area contributed by atoms with Crippen molar-refractivity contribution in [2.45, 2.75) is 0 Å². The molecule has 5 nitrogen and oxygen atoms in total. The van der Waals surface area contributed by atoms with Crippen LogP contribution in [0.25, 0.3) is 11.3 Å². The summed E-state index contributed by atoms with van der Waals surface area (Å²) in [4.78, 5) is 18.3. The van der Waals surface area contributed by atoms with E-state index < -0.39 is 4.92 Å². The van der Waals surface area contributed by atoms with Crippen LogP contribution in [0.5, 0.6) is 0 Å². The molecule has 0 unspecified atom stereocenters. The van der Waals surface area contributed by atoms with Crippen molar-refractivity contribution in [2.75, 3.05) is 0 Å². The molecule has 0 aliphatic heterocycles. The normalized spacial score (nSPS) is 10.2. The number of nitro benzene ring substituents is 1. The first-order valence-electron chi connectivity index (χ1n) is 4.50. The van der Waals surface area contributed by atoms with Gasteiger partial charge in [0.2, 0.25) is 0 Å². The molecule has 0 aliphatic carbocycles. The van der Waals surface area contributed by atoms with Crippen molar-refractivity contribution in [1.29, 1.82) is 0 Å². The molecule has 0 atom stereocenters. The van der Waals surface area contributed by atoms with Crippen molar-refractivity contribution in [2.24, 2.45) is 0 Å². The minimum Gasteiger partial charge on any atom is -0.258 e. The lowest BCUT2D eigenvalue weighted by molar-refractivity contribution is -0.384. The number of hydrogen-bond donors (Lipinski definition) is 0. The molecule has 1 aromatic carbocycles. The van der Waals surface area contributed by atoms with E-state index in [1.807, 2.05) is 0 Å². The molecule has 0 amide bonds. The van der Waals surface area contributed by atoms with Gasteiger partial charge in [-0.2, -0.15) is 0 Å². The summed E-state index contributed by atoms with van der Waals surface area (Å²) in [7, 11) is 0. The van der Waals surface area contributed by atoms with Crippen LogP contribution in [0, 0.1) is 10.1 Å². The van der Waals surface area contributed by atoms with Crippen LogP contribution in [0.2, 0.25) is 5.15 Å². The van der Waals surface area contributed by atoms with Crippen molar-refractivity contribution < 1.29 is 4.92 Å². The molecular weight excluding hydrogens is 309 g/mol. The zero-order chi connectivity index (χ0) is 12.4. The van der Waals surface area contributed by atoms with Gasteiger partial charge in [0.05, 0.1) is 10.5 Å². The fourth-order valence-corrected chi connectivity index (χ4v) is 1.91. The quantitative estimate of drug-likeness (QED) is 0.628. The van der Waals surface area contributed by atoms with Crippen LogP contribution >= 0.6 is 27.5 Å². The first kappa shape index (κ1) is 11.9. The summed E-state index contributed by atoms with van der Waals surface area (Å²) in [6.07, 6.45) is 2.86. The van der Waals surface area contributed by atoms with Crippen molar-refractivity contribution >= 4 is 33.2 Å². The number of hydrogen-bond acceptors (Lipinski definition) is 4. The number of halogens is 2. The predicted molar refractivity (Wildman–Crippen MR) is 66.8 cm³/mol. The summed E-state index contributed by atoms with van der Waals surface area (Å²) in [5.74, 6) is 0. The van der Waals surface area contributed by atoms with E-state index >= 15 is 0 Å². The third-order valence-corrected chi connectivity index (χ3v) is 2.84. The Bertz CT molecular complexity index is 592. The molecule has 17 heavy (non-hydrogen) atoms. The molecule has 0 radical (unpaired) electrons. The van der Waals surface area contributed by atoms with Gasteiger partial charge in [-0.05, 0) is 12.1 Å². The SMILES string of the molecule is O=[N+]([O-])c1cc(Br)ccc1-c1nccnc1Cl. The molecule has 0 saturated heterocycles. The minimum absolute atomic E-state index is 0.0678. The zero-order valence-electron chi connectivity index (χ0n) is 8.30. The molecule has 7 heteroatoms. The summed E-state index contributed by atoms with van der Waals surface area (Å²) < 4.78 is 0.618. The second-order valence-electron chi connectivity index (χ2n) is 3.11. The average molecular weight is 315 g/mol. The maximum atomic E-state index is 11.0. The van der Waals surface area contributed by atoms with E-state index in [9.17, 15) is 10.1 Å². The van der Waals surface area contributed by atoms with Gasteiger partial charge in [0, 0.05) is 22.9 Å². The molecule has 2 rings (SSSR count). The smallest absolute Gasteiger partial charge is 0.258 e. The van der Waals surface area contributed by atoms with Crippen LogP contribution < -0.4 is 0 Å². The molecule has 86 valence electrons. The van der Waals surface area contributed by atoms with Crippen molar-refractivity contribution in [3.8, 4) is 11.3 Å². The number of nitro groups is 1. The summed E-state index contributed by atoms with van der Waals surface area (Å²) >= 11 is 9.05. The van der Waals surface area contributed by atoms with Gasteiger partial charge < -0.3 is 0 Å². The largest absolute Gasteiger partial charge is 0.280 e. The van der Waals surface area contributed by atoms with E-state index in [1.54, 1.807) is 12.1 Å². The Labute approximate surface area is 110 Å². The van der Waals surface area contributed by atoms with Crippen LogP contribution in [0.15, 0.2) is 35.1 Å². The topological polar surface area (TPSA) is 68.9 Å². The highest BCUT2D eigenvalue weighted by molar-refractivity contribution is 9.10. The molecule has 1 aromatic heterocycles. The molecule has 0 fully saturated rings. The van der Waals surface area contributed by atoms with Gasteiger partial charge >= 0.3 is 0 Å². The van der Waals surface area contributed by atoms with E-state index in [-0.39, 0.29) is 10.8 Å². The number of rotatable bonds is 2. The van der Waals surface area contributed by atoms with Crippen LogP contribution in [-0.4, -0.2) is 14.9 Å². The molecule has 2 aromatic rings. The van der Waals surface area contributed by atoms with E-state index in [0.717, 1.165) is 0 Å². The Morgan fingerprint density at radius 3 is 2.65 bits per heavy atom. The Balaban J connectivity index is 2.68. The number of aromatic nitrogens is 2. The standard InChI is InChI=1S/C10H5BrClN3O2/c11-6-1-2-7(8(5-6)15(16)17)9-10(12)14-4-3-13-9/h1-5H. The minimum atomic E-state index is -0.481. The van der Waals surface area contributed by atoms with E-state index in [0.29, 0.717) is 15.7 Å². The lowest BCUT2D eigenvalue weighted by Crippen LogP contribution is -1.95. The van der Waals surface area contributed by atoms with Gasteiger partial charge in [0.15, 0.2) is 5.15 Å². The van der Waals surface area contributed by atoms with Crippen LogP contribution in [0.4, 0.5) is 5.69 Å². The molecule has 0 N–H and O–H groups in total. The van der Waals surface area contributed by atoms with Gasteiger partial charge in [0.1, 0.15) is 5.69 Å². The van der Waals surface area contributed by atoms with Gasteiger partial charge in [0.25, 0.3) is 5.69 Å². The molecule has 0 spiro atoms. The fourth-order valence-electron chi connectivity index (χ4n) is 1.36. The summed E-state index contributed by atoms with van der Waals surface area (Å²) in [5.41, 5.74) is 0.575. The second-order valence-corrected chi connectivity index (χ2v) is 4.39. The molecule has 1 heterocycles. The predicted octanol–water partition coefficient (Wildman–Crippen LogP) is 3.47. The Morgan fingerprint density at radius 1 is 1.29 bits per heavy atom. The first-order chi connectivity index (χ1) is 8.09. The van der Waals surface area contributed by atoms with Crippen molar-refractivity contribution in [1.82, 2.24) is 9.97 Å². The summed E-state index contributed by atoms with van der Waals surface area (Å²) in [6, 6.07) is 4.67. The second kappa shape index (κ2) is 4.77.